The molecule has 0 aromatic rings. The van der Waals surface area contributed by atoms with Crippen LogP contribution in [0.4, 0.5) is 0 Å². The minimum absolute atomic E-state index is 0.0437. The summed E-state index contributed by atoms with van der Waals surface area (Å²) in [6.45, 7) is 11.0. The summed E-state index contributed by atoms with van der Waals surface area (Å²) in [5.74, 6) is 0.551. The number of hydrogen-bond acceptors (Lipinski definition) is 2. The Morgan fingerprint density at radius 2 is 1.85 bits per heavy atom. The number of hydrogen-bond donors (Lipinski definition) is 3. The van der Waals surface area contributed by atoms with Crippen molar-refractivity contribution >= 4 is 5.84 Å². The molecule has 5 N–H and O–H groups in total. The fourth-order valence-electron chi connectivity index (χ4n) is 1.06. The van der Waals surface area contributed by atoms with Crippen LogP contribution in [0.2, 0.25) is 0 Å². The van der Waals surface area contributed by atoms with E-state index in [-0.39, 0.29) is 5.41 Å². The van der Waals surface area contributed by atoms with Crippen molar-refractivity contribution in [3.05, 3.63) is 11.3 Å². The van der Waals surface area contributed by atoms with Gasteiger partial charge in [0.05, 0.1) is 6.54 Å². The highest BCUT2D eigenvalue weighted by atomic mass is 14.9. The van der Waals surface area contributed by atoms with E-state index >= 15 is 0 Å². The van der Waals surface area contributed by atoms with Gasteiger partial charge in [-0.25, -0.2) is 0 Å². The van der Waals surface area contributed by atoms with Gasteiger partial charge in [0.15, 0.2) is 0 Å². The van der Waals surface area contributed by atoms with Crippen LogP contribution in [0.5, 0.6) is 0 Å². The first-order chi connectivity index (χ1) is 5.80. The molecule has 0 aliphatic carbocycles. The zero-order valence-corrected chi connectivity index (χ0v) is 9.36. The van der Waals surface area contributed by atoms with Crippen LogP contribution in [-0.2, 0) is 0 Å². The summed E-state index contributed by atoms with van der Waals surface area (Å²) in [6, 6.07) is 0. The molecule has 3 heteroatoms. The van der Waals surface area contributed by atoms with E-state index in [1.165, 1.54) is 0 Å². The van der Waals surface area contributed by atoms with Gasteiger partial charge in [-0.1, -0.05) is 20.8 Å². The smallest absolute Gasteiger partial charge is 0.221 e. The largest absolute Gasteiger partial charge is 0.401 e. The zero-order valence-electron chi connectivity index (χ0n) is 9.36. The summed E-state index contributed by atoms with van der Waals surface area (Å²) in [4.78, 5) is 0. The summed E-state index contributed by atoms with van der Waals surface area (Å²) in [5, 5.41) is 9.59. The van der Waals surface area contributed by atoms with Crippen molar-refractivity contribution in [2.24, 2.45) is 11.1 Å². The van der Waals surface area contributed by atoms with Gasteiger partial charge in [-0.3, -0.25) is 10.7 Å². The van der Waals surface area contributed by atoms with Crippen molar-refractivity contribution in [3.63, 3.8) is 0 Å². The van der Waals surface area contributed by atoms with Crippen LogP contribution in [-0.4, -0.2) is 12.4 Å². The highest BCUT2D eigenvalue weighted by molar-refractivity contribution is 5.88. The molecule has 0 radical (unpaired) electrons. The molecule has 0 fully saturated rings. The Labute approximate surface area is 80.9 Å². The van der Waals surface area contributed by atoms with Crippen LogP contribution in [0.3, 0.4) is 0 Å². The maximum absolute atomic E-state index is 7.71. The average Bonchev–Trinajstić information content (AvgIpc) is 2.00. The lowest BCUT2D eigenvalue weighted by Crippen LogP contribution is -2.87. The third-order valence-electron chi connectivity index (χ3n) is 2.02. The first kappa shape index (κ1) is 12.2. The van der Waals surface area contributed by atoms with E-state index in [4.69, 9.17) is 11.1 Å². The molecule has 0 bridgehead atoms. The first-order valence-electron chi connectivity index (χ1n) is 4.69. The number of quaternary nitrogens is 1. The molecule has 0 rings (SSSR count). The third kappa shape index (κ3) is 3.59. The molecule has 76 valence electrons. The van der Waals surface area contributed by atoms with E-state index in [9.17, 15) is 0 Å². The van der Waals surface area contributed by atoms with Crippen LogP contribution in [0, 0.1) is 10.8 Å². The van der Waals surface area contributed by atoms with Gasteiger partial charge in [-0.15, -0.1) is 0 Å². The number of allylic oxidation sites excluding steroid dienone is 1. The van der Waals surface area contributed by atoms with Crippen molar-refractivity contribution in [2.75, 3.05) is 6.54 Å². The topological polar surface area (TPSA) is 66.5 Å². The van der Waals surface area contributed by atoms with E-state index in [0.717, 1.165) is 17.8 Å². The number of amidine groups is 1. The molecule has 13 heavy (non-hydrogen) atoms. The Morgan fingerprint density at radius 1 is 1.38 bits per heavy atom. The quantitative estimate of drug-likeness (QED) is 0.432. The van der Waals surface area contributed by atoms with Crippen LogP contribution in [0.25, 0.3) is 0 Å². The van der Waals surface area contributed by atoms with Gasteiger partial charge in [0.2, 0.25) is 5.84 Å². The van der Waals surface area contributed by atoms with Gasteiger partial charge in [-0.05, 0) is 13.8 Å². The van der Waals surface area contributed by atoms with E-state index in [1.807, 2.05) is 19.2 Å². The Hall–Kier alpha value is -0.830. The van der Waals surface area contributed by atoms with E-state index in [2.05, 4.69) is 20.8 Å². The highest BCUT2D eigenvalue weighted by Crippen LogP contribution is 2.22. The molecule has 0 spiro atoms. The monoisotopic (exact) mass is 184 g/mol. The summed E-state index contributed by atoms with van der Waals surface area (Å²) < 4.78 is 0. The van der Waals surface area contributed by atoms with Crippen molar-refractivity contribution in [1.29, 1.82) is 5.41 Å². The zero-order chi connectivity index (χ0) is 10.6. The second-order valence-electron chi connectivity index (χ2n) is 4.31. The molecule has 0 saturated heterocycles. The molecule has 0 aromatic carbocycles. The third-order valence-corrected chi connectivity index (χ3v) is 2.02. The summed E-state index contributed by atoms with van der Waals surface area (Å²) in [5.41, 5.74) is 7.61. The molecular formula is C10H22N3+. The molecule has 0 amide bonds. The predicted octanol–water partition coefficient (Wildman–Crippen LogP) is 0.826. The predicted molar refractivity (Wildman–Crippen MR) is 56.5 cm³/mol. The molecule has 0 saturated carbocycles. The lowest BCUT2D eigenvalue weighted by Gasteiger charge is -2.21. The van der Waals surface area contributed by atoms with Crippen molar-refractivity contribution < 1.29 is 5.32 Å². The molecule has 0 aromatic heterocycles. The van der Waals surface area contributed by atoms with Gasteiger partial charge < -0.3 is 5.73 Å². The van der Waals surface area contributed by atoms with Crippen molar-refractivity contribution in [1.82, 2.24) is 0 Å². The summed E-state index contributed by atoms with van der Waals surface area (Å²) in [6.07, 6.45) is 0. The Balaban J connectivity index is 4.72. The highest BCUT2D eigenvalue weighted by Gasteiger charge is 2.19. The number of nitrogens with two attached hydrogens (primary N) is 2. The second kappa shape index (κ2) is 4.42. The van der Waals surface area contributed by atoms with Gasteiger partial charge in [-0.2, -0.15) is 0 Å². The van der Waals surface area contributed by atoms with E-state index < -0.39 is 0 Å². The minimum atomic E-state index is -0.0437. The van der Waals surface area contributed by atoms with Crippen LogP contribution >= 0.6 is 0 Å². The Bertz CT molecular complexity index is 221. The van der Waals surface area contributed by atoms with Crippen LogP contribution in [0.1, 0.15) is 34.6 Å². The standard InChI is InChI=1S/C10H21N3/c1-6-13-9(12)7(2)8(11)10(3,4)5/h6,11H2,1-5H3,(H2,12,13)/p+1. The maximum atomic E-state index is 7.71. The average molecular weight is 184 g/mol. The number of rotatable bonds is 2. The fourth-order valence-corrected chi connectivity index (χ4v) is 1.06. The molecule has 0 heterocycles. The fraction of sp³-hybridized carbons (Fsp3) is 0.700. The van der Waals surface area contributed by atoms with E-state index in [0.29, 0.717) is 5.84 Å². The lowest BCUT2D eigenvalue weighted by atomic mass is 9.89. The van der Waals surface area contributed by atoms with Gasteiger partial charge in [0.25, 0.3) is 0 Å². The maximum Gasteiger partial charge on any atom is 0.221 e. The Morgan fingerprint density at radius 3 is 2.15 bits per heavy atom. The Kier molecular flexibility index (Phi) is 4.14. The number of likely N-dealkylation sites (N-methyl/N-ethyl adjacent to an activating group) is 1. The van der Waals surface area contributed by atoms with Crippen molar-refractivity contribution in [2.45, 2.75) is 34.6 Å². The number of nitrogens with one attached hydrogen (secondary N) is 1. The molecule has 0 aliphatic rings. The van der Waals surface area contributed by atoms with Gasteiger partial charge in [0, 0.05) is 16.7 Å². The molecule has 0 atom stereocenters. The molecule has 0 unspecified atom stereocenters. The normalized spacial score (nSPS) is 13.9. The van der Waals surface area contributed by atoms with Gasteiger partial charge in [0.1, 0.15) is 0 Å². The minimum Gasteiger partial charge on any atom is -0.401 e. The van der Waals surface area contributed by atoms with Crippen LogP contribution in [0.15, 0.2) is 11.3 Å². The van der Waals surface area contributed by atoms with Crippen LogP contribution < -0.4 is 11.1 Å². The summed E-state index contributed by atoms with van der Waals surface area (Å²) >= 11 is 0. The summed E-state index contributed by atoms with van der Waals surface area (Å²) in [7, 11) is 0. The second-order valence-corrected chi connectivity index (χ2v) is 4.31. The molecular weight excluding hydrogens is 162 g/mol. The van der Waals surface area contributed by atoms with E-state index in [1.54, 1.807) is 0 Å². The van der Waals surface area contributed by atoms with Gasteiger partial charge >= 0.3 is 0 Å². The first-order valence-corrected chi connectivity index (χ1v) is 4.69. The lowest BCUT2D eigenvalue weighted by molar-refractivity contribution is -0.536. The molecule has 0 aliphatic heterocycles. The SMILES string of the molecule is CC[NH2+]C(=N)C(C)=C(N)C(C)(C)C. The van der Waals surface area contributed by atoms with Crippen molar-refractivity contribution in [3.8, 4) is 0 Å². The molecule has 3 nitrogen and oxygen atoms in total.